The van der Waals surface area contributed by atoms with Crippen LogP contribution in [0.1, 0.15) is 36.3 Å². The standard InChI is InChI=1S/C16H19FN4O2/c1-10(2)8-15(22)19-20-16(23)14-9-18-21(11(14)3)13-6-4-12(17)5-7-13/h4-7,9-10H,8H2,1-3H3,(H,19,22)(H,20,23). The monoisotopic (exact) mass is 318 g/mol. The summed E-state index contributed by atoms with van der Waals surface area (Å²) >= 11 is 0. The second kappa shape index (κ2) is 7.04. The van der Waals surface area contributed by atoms with Crippen molar-refractivity contribution in [2.45, 2.75) is 27.2 Å². The third-order valence-corrected chi connectivity index (χ3v) is 3.23. The van der Waals surface area contributed by atoms with Crippen LogP contribution in [0.15, 0.2) is 30.5 Å². The molecule has 0 unspecified atom stereocenters. The molecule has 2 amide bonds. The van der Waals surface area contributed by atoms with Crippen molar-refractivity contribution in [1.82, 2.24) is 20.6 Å². The highest BCUT2D eigenvalue weighted by Crippen LogP contribution is 2.14. The maximum absolute atomic E-state index is 13.0. The van der Waals surface area contributed by atoms with Crippen molar-refractivity contribution in [1.29, 1.82) is 0 Å². The highest BCUT2D eigenvalue weighted by Gasteiger charge is 2.16. The summed E-state index contributed by atoms with van der Waals surface area (Å²) in [7, 11) is 0. The largest absolute Gasteiger partial charge is 0.273 e. The summed E-state index contributed by atoms with van der Waals surface area (Å²) in [6.45, 7) is 5.55. The normalized spacial score (nSPS) is 10.7. The molecule has 0 bridgehead atoms. The minimum Gasteiger partial charge on any atom is -0.273 e. The molecular weight excluding hydrogens is 299 g/mol. The maximum Gasteiger partial charge on any atom is 0.273 e. The Morgan fingerprint density at radius 3 is 2.48 bits per heavy atom. The van der Waals surface area contributed by atoms with Gasteiger partial charge in [0.15, 0.2) is 0 Å². The number of amides is 2. The number of hydrazine groups is 1. The molecule has 2 aromatic rings. The molecule has 122 valence electrons. The van der Waals surface area contributed by atoms with Crippen molar-refractivity contribution >= 4 is 11.8 Å². The SMILES string of the molecule is Cc1c(C(=O)NNC(=O)CC(C)C)cnn1-c1ccc(F)cc1. The van der Waals surface area contributed by atoms with E-state index in [0.717, 1.165) is 0 Å². The first-order valence-corrected chi connectivity index (χ1v) is 7.28. The van der Waals surface area contributed by atoms with E-state index in [1.54, 1.807) is 19.1 Å². The smallest absolute Gasteiger partial charge is 0.273 e. The van der Waals surface area contributed by atoms with E-state index < -0.39 is 5.91 Å². The van der Waals surface area contributed by atoms with Crippen LogP contribution >= 0.6 is 0 Å². The molecule has 2 N–H and O–H groups in total. The average Bonchev–Trinajstić information content (AvgIpc) is 2.87. The first-order valence-electron chi connectivity index (χ1n) is 7.28. The molecule has 0 aliphatic heterocycles. The van der Waals surface area contributed by atoms with Crippen LogP contribution in [-0.2, 0) is 4.79 Å². The summed E-state index contributed by atoms with van der Waals surface area (Å²) < 4.78 is 14.5. The molecule has 1 aromatic heterocycles. The summed E-state index contributed by atoms with van der Waals surface area (Å²) in [4.78, 5) is 23.7. The molecule has 0 saturated carbocycles. The lowest BCUT2D eigenvalue weighted by molar-refractivity contribution is -0.122. The number of nitrogens with zero attached hydrogens (tertiary/aromatic N) is 2. The number of carbonyl (C=O) groups is 2. The predicted octanol–water partition coefficient (Wildman–Crippen LogP) is 2.13. The Morgan fingerprint density at radius 1 is 1.22 bits per heavy atom. The van der Waals surface area contributed by atoms with Gasteiger partial charge in [-0.25, -0.2) is 9.07 Å². The lowest BCUT2D eigenvalue weighted by Crippen LogP contribution is -2.42. The van der Waals surface area contributed by atoms with Gasteiger partial charge in [-0.3, -0.25) is 20.4 Å². The zero-order valence-corrected chi connectivity index (χ0v) is 13.3. The van der Waals surface area contributed by atoms with Crippen LogP contribution in [0.4, 0.5) is 4.39 Å². The highest BCUT2D eigenvalue weighted by molar-refractivity contribution is 5.96. The topological polar surface area (TPSA) is 76.0 Å². The van der Waals surface area contributed by atoms with Gasteiger partial charge >= 0.3 is 0 Å². The average molecular weight is 318 g/mol. The van der Waals surface area contributed by atoms with E-state index in [1.807, 2.05) is 13.8 Å². The van der Waals surface area contributed by atoms with Gasteiger partial charge in [0.25, 0.3) is 5.91 Å². The Bertz CT molecular complexity index is 707. The van der Waals surface area contributed by atoms with Gasteiger partial charge in [-0.15, -0.1) is 0 Å². The Morgan fingerprint density at radius 2 is 1.87 bits per heavy atom. The van der Waals surface area contributed by atoms with Crippen molar-refractivity contribution in [2.75, 3.05) is 0 Å². The van der Waals surface area contributed by atoms with E-state index in [0.29, 0.717) is 23.4 Å². The van der Waals surface area contributed by atoms with E-state index in [-0.39, 0.29) is 17.6 Å². The van der Waals surface area contributed by atoms with Crippen LogP contribution in [0.2, 0.25) is 0 Å². The lowest BCUT2D eigenvalue weighted by atomic mass is 10.1. The molecule has 0 spiro atoms. The Hall–Kier alpha value is -2.70. The van der Waals surface area contributed by atoms with E-state index in [4.69, 9.17) is 0 Å². The molecule has 0 atom stereocenters. The molecule has 0 fully saturated rings. The van der Waals surface area contributed by atoms with Gasteiger partial charge < -0.3 is 0 Å². The van der Waals surface area contributed by atoms with Gasteiger partial charge in [-0.05, 0) is 37.1 Å². The molecule has 1 heterocycles. The van der Waals surface area contributed by atoms with Gasteiger partial charge in [-0.1, -0.05) is 13.8 Å². The van der Waals surface area contributed by atoms with E-state index in [1.165, 1.54) is 23.0 Å². The van der Waals surface area contributed by atoms with Crippen LogP contribution < -0.4 is 10.9 Å². The van der Waals surface area contributed by atoms with E-state index in [2.05, 4.69) is 16.0 Å². The van der Waals surface area contributed by atoms with Gasteiger partial charge in [0, 0.05) is 6.42 Å². The minimum atomic E-state index is -0.451. The molecule has 0 aliphatic carbocycles. The summed E-state index contributed by atoms with van der Waals surface area (Å²) in [6.07, 6.45) is 1.73. The molecule has 6 nitrogen and oxygen atoms in total. The Balaban J connectivity index is 2.08. The van der Waals surface area contributed by atoms with Crippen molar-refractivity contribution in [3.8, 4) is 5.69 Å². The summed E-state index contributed by atoms with van der Waals surface area (Å²) in [6, 6.07) is 5.79. The quantitative estimate of drug-likeness (QED) is 0.848. The molecular formula is C16H19FN4O2. The van der Waals surface area contributed by atoms with E-state index in [9.17, 15) is 14.0 Å². The number of nitrogens with one attached hydrogen (secondary N) is 2. The molecule has 0 radical (unpaired) electrons. The number of hydrogen-bond acceptors (Lipinski definition) is 3. The van der Waals surface area contributed by atoms with Gasteiger partial charge in [0.1, 0.15) is 5.82 Å². The zero-order chi connectivity index (χ0) is 17.0. The number of aromatic nitrogens is 2. The van der Waals surface area contributed by atoms with Gasteiger partial charge in [-0.2, -0.15) is 5.10 Å². The maximum atomic E-state index is 13.0. The third-order valence-electron chi connectivity index (χ3n) is 3.23. The Labute approximate surface area is 133 Å². The second-order valence-corrected chi connectivity index (χ2v) is 5.63. The Kier molecular flexibility index (Phi) is 5.10. The fraction of sp³-hybridized carbons (Fsp3) is 0.312. The molecule has 0 saturated heterocycles. The van der Waals surface area contributed by atoms with Crippen molar-refractivity contribution in [2.24, 2.45) is 5.92 Å². The molecule has 1 aromatic carbocycles. The third kappa shape index (κ3) is 4.15. The molecule has 0 aliphatic rings. The fourth-order valence-corrected chi connectivity index (χ4v) is 2.09. The number of hydrogen-bond donors (Lipinski definition) is 2. The zero-order valence-electron chi connectivity index (χ0n) is 13.3. The van der Waals surface area contributed by atoms with Crippen molar-refractivity contribution in [3.05, 3.63) is 47.5 Å². The van der Waals surface area contributed by atoms with Gasteiger partial charge in [0.05, 0.1) is 23.1 Å². The van der Waals surface area contributed by atoms with Crippen LogP contribution in [0.3, 0.4) is 0 Å². The summed E-state index contributed by atoms with van der Waals surface area (Å²) in [5, 5.41) is 4.13. The van der Waals surface area contributed by atoms with Crippen LogP contribution in [0, 0.1) is 18.7 Å². The second-order valence-electron chi connectivity index (χ2n) is 5.63. The lowest BCUT2D eigenvalue weighted by Gasteiger charge is -2.09. The fourth-order valence-electron chi connectivity index (χ4n) is 2.09. The molecule has 2 rings (SSSR count). The van der Waals surface area contributed by atoms with Crippen LogP contribution in [0.25, 0.3) is 5.69 Å². The summed E-state index contributed by atoms with van der Waals surface area (Å²) in [5.41, 5.74) is 6.31. The minimum absolute atomic E-state index is 0.204. The van der Waals surface area contributed by atoms with Crippen molar-refractivity contribution in [3.63, 3.8) is 0 Å². The highest BCUT2D eigenvalue weighted by atomic mass is 19.1. The van der Waals surface area contributed by atoms with Gasteiger partial charge in [0.2, 0.25) is 5.91 Å². The molecule has 23 heavy (non-hydrogen) atoms. The molecule has 7 heteroatoms. The van der Waals surface area contributed by atoms with Crippen molar-refractivity contribution < 1.29 is 14.0 Å². The first-order chi connectivity index (χ1) is 10.9. The number of halogens is 1. The predicted molar refractivity (Wildman–Crippen MR) is 83.3 cm³/mol. The van der Waals surface area contributed by atoms with Crippen LogP contribution in [-0.4, -0.2) is 21.6 Å². The number of carbonyl (C=O) groups excluding carboxylic acids is 2. The first kappa shape index (κ1) is 16.7. The number of rotatable bonds is 4. The number of benzene rings is 1. The summed E-state index contributed by atoms with van der Waals surface area (Å²) in [5.74, 6) is -0.843. The van der Waals surface area contributed by atoms with Crippen LogP contribution in [0.5, 0.6) is 0 Å². The van der Waals surface area contributed by atoms with E-state index >= 15 is 0 Å².